The molecule has 31 heavy (non-hydrogen) atoms. The van der Waals surface area contributed by atoms with Crippen molar-refractivity contribution >= 4 is 29.1 Å². The average molecular weight is 437 g/mol. The number of halogens is 3. The second-order valence-corrected chi connectivity index (χ2v) is 7.28. The van der Waals surface area contributed by atoms with E-state index in [1.54, 1.807) is 4.90 Å². The van der Waals surface area contributed by atoms with Gasteiger partial charge in [-0.15, -0.1) is 0 Å². The Balaban J connectivity index is 1.54. The van der Waals surface area contributed by atoms with Crippen molar-refractivity contribution in [3.05, 3.63) is 42.2 Å². The number of nitrogens with one attached hydrogen (secondary N) is 2. The summed E-state index contributed by atoms with van der Waals surface area (Å²) < 4.78 is 39.6. The predicted molar refractivity (Wildman–Crippen MR) is 106 cm³/mol. The molecule has 3 rings (SSSR count). The van der Waals surface area contributed by atoms with Gasteiger partial charge in [-0.3, -0.25) is 19.1 Å². The molecule has 0 aliphatic carbocycles. The first-order valence-corrected chi connectivity index (χ1v) is 9.74. The van der Waals surface area contributed by atoms with Gasteiger partial charge in [0.2, 0.25) is 17.7 Å². The molecule has 2 heterocycles. The number of alkyl halides is 3. The first kappa shape index (κ1) is 22.3. The predicted octanol–water partition coefficient (Wildman–Crippen LogP) is 2.74. The largest absolute Gasteiger partial charge is 0.416 e. The quantitative estimate of drug-likeness (QED) is 0.696. The molecular formula is C20H22F3N5O3. The zero-order chi connectivity index (χ0) is 22.6. The highest BCUT2D eigenvalue weighted by Crippen LogP contribution is 2.30. The summed E-state index contributed by atoms with van der Waals surface area (Å²) in [4.78, 5) is 38.1. The van der Waals surface area contributed by atoms with E-state index in [4.69, 9.17) is 0 Å². The van der Waals surface area contributed by atoms with E-state index in [0.29, 0.717) is 18.8 Å². The second-order valence-electron chi connectivity index (χ2n) is 7.28. The molecular weight excluding hydrogens is 415 g/mol. The lowest BCUT2D eigenvalue weighted by molar-refractivity contribution is -0.137. The maximum Gasteiger partial charge on any atom is 0.416 e. The van der Waals surface area contributed by atoms with Gasteiger partial charge in [-0.25, -0.2) is 0 Å². The number of carbonyl (C=O) groups is 3. The SMILES string of the molecule is CCCN1CC(C(=O)Nc2cnn(CC(=O)Nc3cccc(C(F)(F)F)c3)c2)CC1=O. The van der Waals surface area contributed by atoms with Crippen molar-refractivity contribution in [3.8, 4) is 0 Å². The van der Waals surface area contributed by atoms with Crippen molar-refractivity contribution in [2.75, 3.05) is 23.7 Å². The normalized spacial score (nSPS) is 16.5. The maximum atomic E-state index is 12.8. The first-order valence-electron chi connectivity index (χ1n) is 9.74. The first-order chi connectivity index (χ1) is 14.7. The molecule has 1 fully saturated rings. The molecule has 0 saturated carbocycles. The van der Waals surface area contributed by atoms with Crippen molar-refractivity contribution in [2.24, 2.45) is 5.92 Å². The topological polar surface area (TPSA) is 96.3 Å². The summed E-state index contributed by atoms with van der Waals surface area (Å²) in [6.45, 7) is 2.68. The average Bonchev–Trinajstić information content (AvgIpc) is 3.28. The van der Waals surface area contributed by atoms with E-state index in [1.165, 1.54) is 29.2 Å². The zero-order valence-electron chi connectivity index (χ0n) is 16.8. The lowest BCUT2D eigenvalue weighted by Crippen LogP contribution is -2.28. The van der Waals surface area contributed by atoms with Crippen molar-refractivity contribution < 1.29 is 27.6 Å². The molecule has 1 saturated heterocycles. The van der Waals surface area contributed by atoms with Crippen LogP contribution in [0.3, 0.4) is 0 Å². The van der Waals surface area contributed by atoms with Crippen LogP contribution in [0.4, 0.5) is 24.5 Å². The van der Waals surface area contributed by atoms with Crippen molar-refractivity contribution in [1.29, 1.82) is 0 Å². The molecule has 0 radical (unpaired) electrons. The molecule has 166 valence electrons. The lowest BCUT2D eigenvalue weighted by atomic mass is 10.1. The Morgan fingerprint density at radius 1 is 1.23 bits per heavy atom. The Labute approximate surface area is 176 Å². The van der Waals surface area contributed by atoms with Crippen LogP contribution in [0.25, 0.3) is 0 Å². The molecule has 0 bridgehead atoms. The molecule has 1 aliphatic heterocycles. The molecule has 1 atom stereocenters. The molecule has 11 heteroatoms. The van der Waals surface area contributed by atoms with E-state index in [-0.39, 0.29) is 30.5 Å². The van der Waals surface area contributed by atoms with Gasteiger partial charge in [-0.05, 0) is 24.6 Å². The number of carbonyl (C=O) groups excluding carboxylic acids is 3. The fourth-order valence-electron chi connectivity index (χ4n) is 3.31. The molecule has 3 amide bonds. The number of benzene rings is 1. The monoisotopic (exact) mass is 437 g/mol. The van der Waals surface area contributed by atoms with Crippen LogP contribution in [-0.2, 0) is 27.1 Å². The third-order valence-corrected chi connectivity index (χ3v) is 4.76. The van der Waals surface area contributed by atoms with Crippen LogP contribution in [0.15, 0.2) is 36.7 Å². The van der Waals surface area contributed by atoms with Gasteiger partial charge in [-0.2, -0.15) is 18.3 Å². The fourth-order valence-corrected chi connectivity index (χ4v) is 3.31. The Bertz CT molecular complexity index is 973. The minimum atomic E-state index is -4.51. The van der Waals surface area contributed by atoms with E-state index in [1.807, 2.05) is 6.92 Å². The van der Waals surface area contributed by atoms with Gasteiger partial charge in [0, 0.05) is 31.4 Å². The summed E-state index contributed by atoms with van der Waals surface area (Å²) in [5.74, 6) is -1.38. The van der Waals surface area contributed by atoms with Gasteiger partial charge >= 0.3 is 6.18 Å². The lowest BCUT2D eigenvalue weighted by Gasteiger charge is -2.14. The molecule has 1 unspecified atom stereocenters. The van der Waals surface area contributed by atoms with Gasteiger partial charge in [-0.1, -0.05) is 13.0 Å². The van der Waals surface area contributed by atoms with Gasteiger partial charge in [0.05, 0.1) is 23.4 Å². The van der Waals surface area contributed by atoms with E-state index in [2.05, 4.69) is 15.7 Å². The molecule has 8 nitrogen and oxygen atoms in total. The maximum absolute atomic E-state index is 12.8. The summed E-state index contributed by atoms with van der Waals surface area (Å²) in [5.41, 5.74) is -0.487. The minimum Gasteiger partial charge on any atom is -0.342 e. The van der Waals surface area contributed by atoms with Crippen LogP contribution in [0.2, 0.25) is 0 Å². The minimum absolute atomic E-state index is 0.0167. The molecule has 0 spiro atoms. The van der Waals surface area contributed by atoms with Gasteiger partial charge in [0.15, 0.2) is 0 Å². The highest BCUT2D eigenvalue weighted by atomic mass is 19.4. The van der Waals surface area contributed by atoms with Gasteiger partial charge in [0.25, 0.3) is 0 Å². The highest BCUT2D eigenvalue weighted by molar-refractivity contribution is 5.97. The van der Waals surface area contributed by atoms with Gasteiger partial charge < -0.3 is 15.5 Å². The number of hydrogen-bond donors (Lipinski definition) is 2. The van der Waals surface area contributed by atoms with E-state index >= 15 is 0 Å². The van der Waals surface area contributed by atoms with Crippen molar-refractivity contribution in [1.82, 2.24) is 14.7 Å². The van der Waals surface area contributed by atoms with Crippen LogP contribution in [0.1, 0.15) is 25.3 Å². The third kappa shape index (κ3) is 5.83. The standard InChI is InChI=1S/C20H22F3N5O3/c1-2-6-27-10-13(7-18(27)30)19(31)26-16-9-24-28(11-16)12-17(29)25-15-5-3-4-14(8-15)20(21,22)23/h3-5,8-9,11,13H,2,6-7,10,12H2,1H3,(H,25,29)(H,26,31). The summed E-state index contributed by atoms with van der Waals surface area (Å²) in [6, 6.07) is 4.32. The molecule has 2 N–H and O–H groups in total. The van der Waals surface area contributed by atoms with Crippen LogP contribution in [0.5, 0.6) is 0 Å². The number of anilines is 2. The summed E-state index contributed by atoms with van der Waals surface area (Å²) in [6.07, 6.45) is -0.748. The van der Waals surface area contributed by atoms with E-state index < -0.39 is 23.6 Å². The highest BCUT2D eigenvalue weighted by Gasteiger charge is 2.34. The molecule has 1 aliphatic rings. The summed E-state index contributed by atoms with van der Waals surface area (Å²) in [7, 11) is 0. The Hall–Kier alpha value is -3.37. The molecule has 2 aromatic rings. The number of rotatable bonds is 7. The number of amides is 3. The number of hydrogen-bond acceptors (Lipinski definition) is 4. The fraction of sp³-hybridized carbons (Fsp3) is 0.400. The van der Waals surface area contributed by atoms with E-state index in [0.717, 1.165) is 18.6 Å². The van der Waals surface area contributed by atoms with Crippen LogP contribution in [0, 0.1) is 5.92 Å². The molecule has 1 aromatic carbocycles. The Kier molecular flexibility index (Phi) is 6.62. The van der Waals surface area contributed by atoms with Crippen LogP contribution < -0.4 is 10.6 Å². The van der Waals surface area contributed by atoms with Crippen molar-refractivity contribution in [3.63, 3.8) is 0 Å². The molecule has 1 aromatic heterocycles. The smallest absolute Gasteiger partial charge is 0.342 e. The van der Waals surface area contributed by atoms with Crippen molar-refractivity contribution in [2.45, 2.75) is 32.5 Å². The Morgan fingerprint density at radius 2 is 2.00 bits per heavy atom. The van der Waals surface area contributed by atoms with E-state index in [9.17, 15) is 27.6 Å². The van der Waals surface area contributed by atoms with Gasteiger partial charge in [0.1, 0.15) is 6.54 Å². The number of likely N-dealkylation sites (tertiary alicyclic amines) is 1. The van der Waals surface area contributed by atoms with Crippen LogP contribution >= 0.6 is 0 Å². The number of nitrogens with zero attached hydrogens (tertiary/aromatic N) is 3. The summed E-state index contributed by atoms with van der Waals surface area (Å²) >= 11 is 0. The van der Waals surface area contributed by atoms with Crippen LogP contribution in [-0.4, -0.2) is 45.5 Å². The summed E-state index contributed by atoms with van der Waals surface area (Å²) in [5, 5.41) is 9.04. The Morgan fingerprint density at radius 3 is 2.71 bits per heavy atom. The third-order valence-electron chi connectivity index (χ3n) is 4.76. The zero-order valence-corrected chi connectivity index (χ0v) is 16.8. The second kappa shape index (κ2) is 9.19. The number of aromatic nitrogens is 2.